The van der Waals surface area contributed by atoms with Crippen LogP contribution in [0.1, 0.15) is 32.4 Å². The monoisotopic (exact) mass is 293 g/mol. The molecule has 2 atom stereocenters. The number of ether oxygens (including phenoxy) is 2. The van der Waals surface area contributed by atoms with E-state index in [9.17, 15) is 14.4 Å². The number of carbonyl (C=O) groups is 3. The van der Waals surface area contributed by atoms with Crippen molar-refractivity contribution in [3.05, 3.63) is 35.9 Å². The lowest BCUT2D eigenvalue weighted by Gasteiger charge is -2.27. The highest BCUT2D eigenvalue weighted by atomic mass is 16.6. The van der Waals surface area contributed by atoms with E-state index in [4.69, 9.17) is 9.47 Å². The van der Waals surface area contributed by atoms with Crippen molar-refractivity contribution in [2.75, 3.05) is 6.61 Å². The van der Waals surface area contributed by atoms with Gasteiger partial charge in [-0.2, -0.15) is 0 Å². The zero-order valence-corrected chi connectivity index (χ0v) is 12.3. The normalized spacial score (nSPS) is 12.9. The van der Waals surface area contributed by atoms with Gasteiger partial charge in [0.05, 0.1) is 0 Å². The quantitative estimate of drug-likeness (QED) is 0.801. The SMILES string of the molecule is CC(=O)N[C@@H](COC(C)=O)[C@@H](OC(C)=O)c1ccccc1. The Kier molecular flexibility index (Phi) is 6.39. The minimum absolute atomic E-state index is 0.0816. The number of benzene rings is 1. The molecule has 0 aliphatic rings. The van der Waals surface area contributed by atoms with Gasteiger partial charge in [0.2, 0.25) is 5.91 Å². The summed E-state index contributed by atoms with van der Waals surface area (Å²) in [5.74, 6) is -1.26. The molecule has 0 radical (unpaired) electrons. The predicted molar refractivity (Wildman–Crippen MR) is 75.2 cm³/mol. The molecule has 0 spiro atoms. The molecule has 0 saturated heterocycles. The average Bonchev–Trinajstić information content (AvgIpc) is 2.41. The zero-order chi connectivity index (χ0) is 15.8. The van der Waals surface area contributed by atoms with Gasteiger partial charge >= 0.3 is 11.9 Å². The van der Waals surface area contributed by atoms with Gasteiger partial charge in [0, 0.05) is 20.8 Å². The van der Waals surface area contributed by atoms with Crippen LogP contribution < -0.4 is 5.32 Å². The third kappa shape index (κ3) is 6.07. The molecule has 0 saturated carbocycles. The number of esters is 2. The van der Waals surface area contributed by atoms with E-state index in [1.165, 1.54) is 20.8 Å². The molecule has 0 aliphatic carbocycles. The van der Waals surface area contributed by atoms with Crippen molar-refractivity contribution >= 4 is 17.8 Å². The molecule has 6 heteroatoms. The molecule has 114 valence electrons. The maximum absolute atomic E-state index is 11.3. The van der Waals surface area contributed by atoms with Crippen molar-refractivity contribution in [1.82, 2.24) is 5.32 Å². The topological polar surface area (TPSA) is 81.7 Å². The van der Waals surface area contributed by atoms with Gasteiger partial charge in [-0.1, -0.05) is 30.3 Å². The summed E-state index contributed by atoms with van der Waals surface area (Å²) >= 11 is 0. The van der Waals surface area contributed by atoms with Crippen LogP contribution in [0.15, 0.2) is 30.3 Å². The Morgan fingerprint density at radius 2 is 1.67 bits per heavy atom. The summed E-state index contributed by atoms with van der Waals surface area (Å²) in [6, 6.07) is 8.31. The second-order valence-electron chi connectivity index (χ2n) is 4.55. The van der Waals surface area contributed by atoms with Crippen molar-refractivity contribution in [2.24, 2.45) is 0 Å². The second-order valence-corrected chi connectivity index (χ2v) is 4.55. The summed E-state index contributed by atoms with van der Waals surface area (Å²) in [6.07, 6.45) is -0.730. The molecule has 1 amide bonds. The van der Waals surface area contributed by atoms with Gasteiger partial charge in [-0.05, 0) is 5.56 Å². The molecule has 6 nitrogen and oxygen atoms in total. The van der Waals surface area contributed by atoms with Crippen LogP contribution in [0.5, 0.6) is 0 Å². The Hall–Kier alpha value is -2.37. The minimum atomic E-state index is -0.730. The van der Waals surface area contributed by atoms with Gasteiger partial charge in [-0.3, -0.25) is 14.4 Å². The summed E-state index contributed by atoms with van der Waals surface area (Å²) in [5, 5.41) is 2.65. The van der Waals surface area contributed by atoms with Crippen molar-refractivity contribution in [3.8, 4) is 0 Å². The average molecular weight is 293 g/mol. The summed E-state index contributed by atoms with van der Waals surface area (Å²) in [5.41, 5.74) is 0.707. The first-order valence-corrected chi connectivity index (χ1v) is 6.52. The number of amides is 1. The van der Waals surface area contributed by atoms with Crippen LogP contribution >= 0.6 is 0 Å². The summed E-state index contributed by atoms with van der Waals surface area (Å²) < 4.78 is 10.2. The van der Waals surface area contributed by atoms with E-state index in [0.29, 0.717) is 5.56 Å². The lowest BCUT2D eigenvalue weighted by Crippen LogP contribution is -2.43. The van der Waals surface area contributed by atoms with E-state index in [0.717, 1.165) is 0 Å². The second kappa shape index (κ2) is 8.04. The number of nitrogens with one attached hydrogen (secondary N) is 1. The highest BCUT2D eigenvalue weighted by Gasteiger charge is 2.28. The smallest absolute Gasteiger partial charge is 0.303 e. The lowest BCUT2D eigenvalue weighted by atomic mass is 10.0. The first-order chi connectivity index (χ1) is 9.90. The fraction of sp³-hybridized carbons (Fsp3) is 0.400. The van der Waals surface area contributed by atoms with Crippen molar-refractivity contribution in [1.29, 1.82) is 0 Å². The van der Waals surface area contributed by atoms with Gasteiger partial charge in [-0.25, -0.2) is 0 Å². The first-order valence-electron chi connectivity index (χ1n) is 6.52. The fourth-order valence-corrected chi connectivity index (χ4v) is 1.88. The van der Waals surface area contributed by atoms with Crippen LogP contribution in [0, 0.1) is 0 Å². The van der Waals surface area contributed by atoms with Crippen molar-refractivity contribution in [2.45, 2.75) is 32.9 Å². The van der Waals surface area contributed by atoms with Crippen molar-refractivity contribution in [3.63, 3.8) is 0 Å². The molecule has 0 fully saturated rings. The summed E-state index contributed by atoms with van der Waals surface area (Å²) in [7, 11) is 0. The van der Waals surface area contributed by atoms with E-state index in [2.05, 4.69) is 5.32 Å². The van der Waals surface area contributed by atoms with Crippen LogP contribution in [-0.2, 0) is 23.9 Å². The molecule has 0 bridgehead atoms. The highest BCUT2D eigenvalue weighted by Crippen LogP contribution is 2.22. The van der Waals surface area contributed by atoms with Gasteiger partial charge in [0.25, 0.3) is 0 Å². The molecular formula is C15H19NO5. The minimum Gasteiger partial charge on any atom is -0.464 e. The molecule has 1 N–H and O–H groups in total. The summed E-state index contributed by atoms with van der Waals surface area (Å²) in [4.78, 5) is 33.6. The Morgan fingerprint density at radius 1 is 1.05 bits per heavy atom. The highest BCUT2D eigenvalue weighted by molar-refractivity contribution is 5.73. The molecule has 1 aromatic carbocycles. The van der Waals surface area contributed by atoms with Crippen LogP contribution in [-0.4, -0.2) is 30.5 Å². The van der Waals surface area contributed by atoms with E-state index >= 15 is 0 Å². The Balaban J connectivity index is 3.00. The summed E-state index contributed by atoms with van der Waals surface area (Å²) in [6.45, 7) is 3.82. The van der Waals surface area contributed by atoms with Gasteiger partial charge < -0.3 is 14.8 Å². The first kappa shape index (κ1) is 16.7. The van der Waals surface area contributed by atoms with E-state index in [1.54, 1.807) is 24.3 Å². The molecule has 21 heavy (non-hydrogen) atoms. The van der Waals surface area contributed by atoms with Gasteiger partial charge in [0.1, 0.15) is 12.6 Å². The Morgan fingerprint density at radius 3 is 2.14 bits per heavy atom. The fourth-order valence-electron chi connectivity index (χ4n) is 1.88. The standard InChI is InChI=1S/C15H19NO5/c1-10(17)16-14(9-20-11(2)18)15(21-12(3)19)13-7-5-4-6-8-13/h4-8,14-15H,9H2,1-3H3,(H,16,17)/t14-,15-/m0/s1. The third-order valence-corrected chi connectivity index (χ3v) is 2.64. The predicted octanol–water partition coefficient (Wildman–Crippen LogP) is 1.36. The Labute approximate surface area is 123 Å². The van der Waals surface area contributed by atoms with Crippen LogP contribution in [0.25, 0.3) is 0 Å². The molecule has 1 rings (SSSR count). The van der Waals surface area contributed by atoms with Gasteiger partial charge in [0.15, 0.2) is 6.10 Å². The lowest BCUT2D eigenvalue weighted by molar-refractivity contribution is -0.152. The molecule has 0 unspecified atom stereocenters. The molecule has 1 aromatic rings. The van der Waals surface area contributed by atoms with Gasteiger partial charge in [-0.15, -0.1) is 0 Å². The van der Waals surface area contributed by atoms with Crippen LogP contribution in [0.2, 0.25) is 0 Å². The molecule has 0 heterocycles. The number of rotatable bonds is 6. The number of hydrogen-bond donors (Lipinski definition) is 1. The van der Waals surface area contributed by atoms with Crippen LogP contribution in [0.4, 0.5) is 0 Å². The maximum Gasteiger partial charge on any atom is 0.303 e. The molecule has 0 aliphatic heterocycles. The van der Waals surface area contributed by atoms with Crippen molar-refractivity contribution < 1.29 is 23.9 Å². The molecule has 0 aromatic heterocycles. The number of hydrogen-bond acceptors (Lipinski definition) is 5. The maximum atomic E-state index is 11.3. The van der Waals surface area contributed by atoms with E-state index in [-0.39, 0.29) is 12.5 Å². The molecular weight excluding hydrogens is 274 g/mol. The number of carbonyl (C=O) groups excluding carboxylic acids is 3. The zero-order valence-electron chi connectivity index (χ0n) is 12.3. The largest absolute Gasteiger partial charge is 0.464 e. The van der Waals surface area contributed by atoms with E-state index < -0.39 is 24.1 Å². The van der Waals surface area contributed by atoms with E-state index in [1.807, 2.05) is 6.07 Å². The Bertz CT molecular complexity index is 500. The van der Waals surface area contributed by atoms with Crippen LogP contribution in [0.3, 0.4) is 0 Å². The third-order valence-electron chi connectivity index (χ3n) is 2.64.